The average Bonchev–Trinajstić information content (AvgIpc) is 1.85. The van der Waals surface area contributed by atoms with E-state index in [0.717, 1.165) is 12.1 Å². The highest BCUT2D eigenvalue weighted by atomic mass is 19.1. The lowest BCUT2D eigenvalue weighted by atomic mass is 10.3. The Morgan fingerprint density at radius 1 is 1.30 bits per heavy atom. The van der Waals surface area contributed by atoms with Crippen LogP contribution in [0.25, 0.3) is 0 Å². The summed E-state index contributed by atoms with van der Waals surface area (Å²) in [6.45, 7) is 0. The summed E-state index contributed by atoms with van der Waals surface area (Å²) < 4.78 is 29.1. The smallest absolute Gasteiger partial charge is 0.137 e. The molecule has 1 radical (unpaired) electrons. The van der Waals surface area contributed by atoms with E-state index >= 15 is 0 Å². The van der Waals surface area contributed by atoms with Gasteiger partial charge in [0.1, 0.15) is 17.4 Å². The molecule has 1 nitrogen and oxygen atoms in total. The quantitative estimate of drug-likeness (QED) is 0.582. The molecule has 0 aliphatic carbocycles. The first-order valence-electron chi connectivity index (χ1n) is 2.65. The van der Waals surface area contributed by atoms with Gasteiger partial charge in [0.25, 0.3) is 0 Å². The molecule has 0 atom stereocenters. The van der Waals surface area contributed by atoms with Crippen LogP contribution in [-0.2, 0) is 0 Å². The van der Waals surface area contributed by atoms with E-state index in [4.69, 9.17) is 0 Å². The minimum absolute atomic E-state index is 0.161. The third kappa shape index (κ3) is 1.43. The van der Waals surface area contributed by atoms with Crippen molar-refractivity contribution in [1.29, 1.82) is 0 Å². The molecule has 3 heteroatoms. The van der Waals surface area contributed by atoms with Gasteiger partial charge in [-0.25, -0.2) is 8.78 Å². The first-order valence-corrected chi connectivity index (χ1v) is 2.65. The molecule has 0 unspecified atom stereocenters. The molecular formula is C7H5F2O. The van der Waals surface area contributed by atoms with Crippen molar-refractivity contribution < 1.29 is 13.5 Å². The molecule has 0 bridgehead atoms. The van der Waals surface area contributed by atoms with Crippen molar-refractivity contribution in [2.75, 3.05) is 7.11 Å². The molecule has 0 saturated heterocycles. The predicted molar refractivity (Wildman–Crippen MR) is 31.7 cm³/mol. The van der Waals surface area contributed by atoms with Crippen molar-refractivity contribution in [3.63, 3.8) is 0 Å². The Hall–Kier alpha value is -1.12. The van der Waals surface area contributed by atoms with Gasteiger partial charge in [-0.15, -0.1) is 0 Å². The Balaban J connectivity index is 3.06. The number of hydrogen-bond donors (Lipinski definition) is 0. The van der Waals surface area contributed by atoms with E-state index in [-0.39, 0.29) is 5.75 Å². The third-order valence-electron chi connectivity index (χ3n) is 1.01. The van der Waals surface area contributed by atoms with Crippen LogP contribution in [0.3, 0.4) is 0 Å². The summed E-state index contributed by atoms with van der Waals surface area (Å²) in [5.41, 5.74) is 0. The minimum atomic E-state index is -0.753. The van der Waals surface area contributed by atoms with Crippen LogP contribution in [0.5, 0.6) is 5.75 Å². The van der Waals surface area contributed by atoms with E-state index in [1.165, 1.54) is 7.11 Å². The molecule has 0 amide bonds. The van der Waals surface area contributed by atoms with Gasteiger partial charge >= 0.3 is 0 Å². The van der Waals surface area contributed by atoms with Crippen LogP contribution >= 0.6 is 0 Å². The average molecular weight is 143 g/mol. The van der Waals surface area contributed by atoms with Gasteiger partial charge < -0.3 is 4.74 Å². The van der Waals surface area contributed by atoms with Gasteiger partial charge in [0, 0.05) is 12.1 Å². The van der Waals surface area contributed by atoms with Gasteiger partial charge in [0.05, 0.1) is 13.2 Å². The van der Waals surface area contributed by atoms with Gasteiger partial charge in [-0.2, -0.15) is 0 Å². The summed E-state index contributed by atoms with van der Waals surface area (Å²) >= 11 is 0. The molecule has 1 aromatic rings. The molecule has 0 fully saturated rings. The molecule has 53 valence electrons. The Morgan fingerprint density at radius 2 is 1.80 bits per heavy atom. The molecule has 10 heavy (non-hydrogen) atoms. The fourth-order valence-electron chi connectivity index (χ4n) is 0.596. The zero-order valence-corrected chi connectivity index (χ0v) is 5.32. The molecule has 1 rings (SSSR count). The number of hydrogen-bond acceptors (Lipinski definition) is 1. The maximum absolute atomic E-state index is 12.2. The van der Waals surface area contributed by atoms with Crippen LogP contribution in [0, 0.1) is 17.7 Å². The van der Waals surface area contributed by atoms with Crippen LogP contribution in [-0.4, -0.2) is 7.11 Å². The highest BCUT2D eigenvalue weighted by molar-refractivity contribution is 5.22. The van der Waals surface area contributed by atoms with Crippen molar-refractivity contribution >= 4 is 0 Å². The van der Waals surface area contributed by atoms with Gasteiger partial charge in [0.2, 0.25) is 0 Å². The minimum Gasteiger partial charge on any atom is -0.497 e. The monoisotopic (exact) mass is 143 g/mol. The number of ether oxygens (including phenoxy) is 1. The second-order valence-corrected chi connectivity index (χ2v) is 1.72. The maximum Gasteiger partial charge on any atom is 0.137 e. The van der Waals surface area contributed by atoms with Crippen molar-refractivity contribution in [3.8, 4) is 5.75 Å². The second kappa shape index (κ2) is 2.64. The first kappa shape index (κ1) is 6.99. The summed E-state index contributed by atoms with van der Waals surface area (Å²) in [6, 6.07) is 3.95. The Labute approximate surface area is 57.2 Å². The lowest BCUT2D eigenvalue weighted by Crippen LogP contribution is -1.86. The number of rotatable bonds is 1. The predicted octanol–water partition coefficient (Wildman–Crippen LogP) is 1.77. The molecule has 0 spiro atoms. The first-order chi connectivity index (χ1) is 4.72. The van der Waals surface area contributed by atoms with Crippen molar-refractivity contribution in [1.82, 2.24) is 0 Å². The third-order valence-corrected chi connectivity index (χ3v) is 1.01. The van der Waals surface area contributed by atoms with Gasteiger partial charge in [-0.05, 0) is 0 Å². The van der Waals surface area contributed by atoms with E-state index in [9.17, 15) is 8.78 Å². The molecule has 0 N–H and O–H groups in total. The molecule has 1 aromatic carbocycles. The zero-order valence-electron chi connectivity index (χ0n) is 5.32. The molecule has 0 aromatic heterocycles. The van der Waals surface area contributed by atoms with Crippen LogP contribution in [0.1, 0.15) is 0 Å². The summed E-state index contributed by atoms with van der Waals surface area (Å²) in [5.74, 6) is -1.34. The Kier molecular flexibility index (Phi) is 1.85. The SMILES string of the molecule is COc1cc(F)[c]c(F)c1. The van der Waals surface area contributed by atoms with Crippen molar-refractivity contribution in [3.05, 3.63) is 29.8 Å². The van der Waals surface area contributed by atoms with Crippen LogP contribution in [0.15, 0.2) is 12.1 Å². The second-order valence-electron chi connectivity index (χ2n) is 1.72. The molecule has 0 heterocycles. The van der Waals surface area contributed by atoms with E-state index in [1.807, 2.05) is 6.07 Å². The summed E-state index contributed by atoms with van der Waals surface area (Å²) in [4.78, 5) is 0. The number of benzene rings is 1. The lowest BCUT2D eigenvalue weighted by molar-refractivity contribution is 0.406. The van der Waals surface area contributed by atoms with E-state index < -0.39 is 11.6 Å². The summed E-state index contributed by atoms with van der Waals surface area (Å²) in [6.07, 6.45) is 0. The highest BCUT2D eigenvalue weighted by Crippen LogP contribution is 2.13. The Bertz CT molecular complexity index is 215. The van der Waals surface area contributed by atoms with Gasteiger partial charge in [0.15, 0.2) is 0 Å². The topological polar surface area (TPSA) is 9.23 Å². The fraction of sp³-hybridized carbons (Fsp3) is 0.143. The lowest BCUT2D eigenvalue weighted by Gasteiger charge is -1.97. The fourth-order valence-corrected chi connectivity index (χ4v) is 0.596. The summed E-state index contributed by atoms with van der Waals surface area (Å²) in [7, 11) is 1.34. The molecule has 0 saturated carbocycles. The van der Waals surface area contributed by atoms with E-state index in [2.05, 4.69) is 4.74 Å². The summed E-state index contributed by atoms with van der Waals surface area (Å²) in [5, 5.41) is 0. The molecule has 0 aliphatic heterocycles. The van der Waals surface area contributed by atoms with Crippen LogP contribution in [0.2, 0.25) is 0 Å². The largest absolute Gasteiger partial charge is 0.497 e. The van der Waals surface area contributed by atoms with Crippen LogP contribution < -0.4 is 4.74 Å². The maximum atomic E-state index is 12.2. The molecule has 0 aliphatic rings. The van der Waals surface area contributed by atoms with Gasteiger partial charge in [-0.3, -0.25) is 0 Å². The standard InChI is InChI=1S/C7H5F2O/c1-10-7-3-5(8)2-6(9)4-7/h3-4H,1H3. The van der Waals surface area contributed by atoms with E-state index in [0.29, 0.717) is 0 Å². The van der Waals surface area contributed by atoms with Crippen molar-refractivity contribution in [2.45, 2.75) is 0 Å². The highest BCUT2D eigenvalue weighted by Gasteiger charge is 1.98. The van der Waals surface area contributed by atoms with E-state index in [1.54, 1.807) is 0 Å². The normalized spacial score (nSPS) is 9.50. The number of halogens is 2. The van der Waals surface area contributed by atoms with Crippen LogP contribution in [0.4, 0.5) is 8.78 Å². The van der Waals surface area contributed by atoms with Crippen molar-refractivity contribution in [2.24, 2.45) is 0 Å². The molecular weight excluding hydrogens is 138 g/mol. The van der Waals surface area contributed by atoms with Gasteiger partial charge in [-0.1, -0.05) is 0 Å². The zero-order chi connectivity index (χ0) is 7.56. The Morgan fingerprint density at radius 3 is 2.20 bits per heavy atom. The number of methoxy groups -OCH3 is 1.